The summed E-state index contributed by atoms with van der Waals surface area (Å²) in [4.78, 5) is 33.1. The van der Waals surface area contributed by atoms with Gasteiger partial charge in [-0.1, -0.05) is 53.5 Å². The van der Waals surface area contributed by atoms with Gasteiger partial charge < -0.3 is 4.90 Å². The first-order valence-electron chi connectivity index (χ1n) is 10.2. The van der Waals surface area contributed by atoms with E-state index in [1.807, 2.05) is 30.0 Å². The number of thiazole rings is 1. The summed E-state index contributed by atoms with van der Waals surface area (Å²) < 4.78 is 0. The van der Waals surface area contributed by atoms with Crippen LogP contribution >= 0.6 is 34.5 Å². The third-order valence-electron chi connectivity index (χ3n) is 5.59. The van der Waals surface area contributed by atoms with Crippen molar-refractivity contribution in [1.82, 2.24) is 9.88 Å². The summed E-state index contributed by atoms with van der Waals surface area (Å²) in [6, 6.07) is 15.1. The number of carbonyl (C=O) groups is 2. The Bertz CT molecular complexity index is 1110. The lowest BCUT2D eigenvalue weighted by Crippen LogP contribution is -2.40. The normalized spacial score (nSPS) is 14.6. The van der Waals surface area contributed by atoms with Gasteiger partial charge >= 0.3 is 0 Å². The number of aryl methyl sites for hydroxylation is 1. The van der Waals surface area contributed by atoms with Crippen molar-refractivity contribution in [3.05, 3.63) is 85.3 Å². The van der Waals surface area contributed by atoms with Crippen LogP contribution in [0.5, 0.6) is 0 Å². The number of amides is 1. The molecule has 1 aliphatic rings. The largest absolute Gasteiger partial charge is 0.338 e. The lowest BCUT2D eigenvalue weighted by atomic mass is 9.89. The molecule has 1 fully saturated rings. The van der Waals surface area contributed by atoms with E-state index >= 15 is 0 Å². The van der Waals surface area contributed by atoms with Gasteiger partial charge in [-0.3, -0.25) is 9.59 Å². The molecule has 0 atom stereocenters. The molecule has 160 valence electrons. The van der Waals surface area contributed by atoms with Crippen molar-refractivity contribution in [3.8, 4) is 0 Å². The minimum absolute atomic E-state index is 0.00903. The van der Waals surface area contributed by atoms with Crippen LogP contribution in [0.4, 0.5) is 0 Å². The fourth-order valence-electron chi connectivity index (χ4n) is 3.87. The smallest absolute Gasteiger partial charge is 0.265 e. The summed E-state index contributed by atoms with van der Waals surface area (Å²) in [7, 11) is 0. The van der Waals surface area contributed by atoms with Crippen LogP contribution in [0.15, 0.2) is 48.5 Å². The van der Waals surface area contributed by atoms with Gasteiger partial charge in [-0.05, 0) is 43.5 Å². The van der Waals surface area contributed by atoms with Crippen molar-refractivity contribution in [3.63, 3.8) is 0 Å². The molecule has 0 aliphatic carbocycles. The van der Waals surface area contributed by atoms with E-state index in [1.54, 1.807) is 18.2 Å². The first-order chi connectivity index (χ1) is 14.9. The predicted octanol–water partition coefficient (Wildman–Crippen LogP) is 6.08. The van der Waals surface area contributed by atoms with Gasteiger partial charge in [0.15, 0.2) is 5.78 Å². The molecule has 1 aliphatic heterocycles. The number of halogens is 2. The van der Waals surface area contributed by atoms with E-state index in [0.29, 0.717) is 46.4 Å². The van der Waals surface area contributed by atoms with Gasteiger partial charge in [0.1, 0.15) is 4.88 Å². The standard InChI is InChI=1S/C24H22Cl2N2O2S/c1-15-23(31-21(27-15)13-16-5-3-2-4-6-16)24(30)28-11-9-17(10-12-28)22(29)18-7-8-19(25)20(26)14-18/h2-8,14,17H,9-13H2,1H3. The lowest BCUT2D eigenvalue weighted by Gasteiger charge is -2.31. The van der Waals surface area contributed by atoms with Gasteiger partial charge in [0.25, 0.3) is 5.91 Å². The van der Waals surface area contributed by atoms with Crippen molar-refractivity contribution in [1.29, 1.82) is 0 Å². The molecule has 7 heteroatoms. The van der Waals surface area contributed by atoms with Crippen LogP contribution in [0.2, 0.25) is 10.0 Å². The Balaban J connectivity index is 1.39. The van der Waals surface area contributed by atoms with Gasteiger partial charge in [-0.25, -0.2) is 4.98 Å². The van der Waals surface area contributed by atoms with Crippen LogP contribution in [0.1, 0.15) is 49.1 Å². The Labute approximate surface area is 195 Å². The number of hydrogen-bond acceptors (Lipinski definition) is 4. The van der Waals surface area contributed by atoms with Gasteiger partial charge in [-0.2, -0.15) is 0 Å². The SMILES string of the molecule is Cc1nc(Cc2ccccc2)sc1C(=O)N1CCC(C(=O)c2ccc(Cl)c(Cl)c2)CC1. The molecule has 4 rings (SSSR count). The zero-order chi connectivity index (χ0) is 22.0. The third kappa shape index (κ3) is 5.00. The molecule has 1 saturated heterocycles. The monoisotopic (exact) mass is 472 g/mol. The molecule has 31 heavy (non-hydrogen) atoms. The number of aromatic nitrogens is 1. The molecule has 0 unspecified atom stereocenters. The van der Waals surface area contributed by atoms with Crippen LogP contribution < -0.4 is 0 Å². The Hall–Kier alpha value is -2.21. The molecule has 3 aromatic rings. The number of carbonyl (C=O) groups excluding carboxylic acids is 2. The maximum absolute atomic E-state index is 13.1. The highest BCUT2D eigenvalue weighted by Gasteiger charge is 2.30. The van der Waals surface area contributed by atoms with Gasteiger partial charge in [0.2, 0.25) is 0 Å². The van der Waals surface area contributed by atoms with Crippen molar-refractivity contribution in [2.24, 2.45) is 5.92 Å². The number of ketones is 1. The minimum Gasteiger partial charge on any atom is -0.338 e. The topological polar surface area (TPSA) is 50.3 Å². The zero-order valence-corrected chi connectivity index (χ0v) is 19.4. The molecule has 4 nitrogen and oxygen atoms in total. The maximum Gasteiger partial charge on any atom is 0.265 e. The molecule has 0 radical (unpaired) electrons. The average molecular weight is 473 g/mol. The van der Waals surface area contributed by atoms with Gasteiger partial charge in [-0.15, -0.1) is 11.3 Å². The van der Waals surface area contributed by atoms with Crippen LogP contribution in [0, 0.1) is 12.8 Å². The lowest BCUT2D eigenvalue weighted by molar-refractivity contribution is 0.0653. The summed E-state index contributed by atoms with van der Waals surface area (Å²) in [5.74, 6) is -0.0444. The Morgan fingerprint density at radius 3 is 2.45 bits per heavy atom. The van der Waals surface area contributed by atoms with E-state index in [9.17, 15) is 9.59 Å². The summed E-state index contributed by atoms with van der Waals surface area (Å²) in [5, 5.41) is 1.76. The number of piperidine rings is 1. The molecular weight excluding hydrogens is 451 g/mol. The number of Topliss-reactive ketones (excluding diaryl/α,β-unsaturated/α-hetero) is 1. The number of hydrogen-bond donors (Lipinski definition) is 0. The second-order valence-corrected chi connectivity index (χ2v) is 9.64. The van der Waals surface area contributed by atoms with Crippen LogP contribution in [0.25, 0.3) is 0 Å². The number of rotatable bonds is 5. The molecule has 2 heterocycles. The first-order valence-corrected chi connectivity index (χ1v) is 11.8. The minimum atomic E-state index is -0.113. The Morgan fingerprint density at radius 2 is 1.77 bits per heavy atom. The molecule has 1 amide bonds. The third-order valence-corrected chi connectivity index (χ3v) is 7.47. The predicted molar refractivity (Wildman–Crippen MR) is 126 cm³/mol. The molecular formula is C24H22Cl2N2O2S. The van der Waals surface area contributed by atoms with Crippen molar-refractivity contribution >= 4 is 46.2 Å². The number of nitrogens with zero attached hydrogens (tertiary/aromatic N) is 2. The van der Waals surface area contributed by atoms with E-state index in [-0.39, 0.29) is 17.6 Å². The highest BCUT2D eigenvalue weighted by atomic mass is 35.5. The van der Waals surface area contributed by atoms with E-state index in [0.717, 1.165) is 17.1 Å². The fraction of sp³-hybridized carbons (Fsp3) is 0.292. The number of likely N-dealkylation sites (tertiary alicyclic amines) is 1. The van der Waals surface area contributed by atoms with E-state index in [2.05, 4.69) is 17.1 Å². The highest BCUT2D eigenvalue weighted by Crippen LogP contribution is 2.29. The quantitative estimate of drug-likeness (QED) is 0.422. The van der Waals surface area contributed by atoms with Crippen molar-refractivity contribution < 1.29 is 9.59 Å². The van der Waals surface area contributed by atoms with Crippen molar-refractivity contribution in [2.75, 3.05) is 13.1 Å². The highest BCUT2D eigenvalue weighted by molar-refractivity contribution is 7.13. The Morgan fingerprint density at radius 1 is 1.06 bits per heavy atom. The molecule has 0 spiro atoms. The fourth-order valence-corrected chi connectivity index (χ4v) is 5.24. The van der Waals surface area contributed by atoms with E-state index < -0.39 is 0 Å². The molecule has 2 aromatic carbocycles. The van der Waals surface area contributed by atoms with E-state index in [4.69, 9.17) is 23.2 Å². The second kappa shape index (κ2) is 9.51. The van der Waals surface area contributed by atoms with Crippen LogP contribution in [-0.2, 0) is 6.42 Å². The van der Waals surface area contributed by atoms with Gasteiger partial charge in [0.05, 0.1) is 20.7 Å². The first kappa shape index (κ1) is 22.0. The zero-order valence-electron chi connectivity index (χ0n) is 17.1. The molecule has 0 N–H and O–H groups in total. The van der Waals surface area contributed by atoms with E-state index in [1.165, 1.54) is 16.9 Å². The summed E-state index contributed by atoms with van der Waals surface area (Å²) in [6.07, 6.45) is 2.00. The second-order valence-electron chi connectivity index (χ2n) is 7.74. The summed E-state index contributed by atoms with van der Waals surface area (Å²) >= 11 is 13.5. The summed E-state index contributed by atoms with van der Waals surface area (Å²) in [5.41, 5.74) is 2.52. The molecule has 1 aromatic heterocycles. The number of benzene rings is 2. The maximum atomic E-state index is 13.1. The van der Waals surface area contributed by atoms with Crippen molar-refractivity contribution in [2.45, 2.75) is 26.2 Å². The average Bonchev–Trinajstić information content (AvgIpc) is 3.15. The van der Waals surface area contributed by atoms with Crippen LogP contribution in [-0.4, -0.2) is 34.7 Å². The van der Waals surface area contributed by atoms with Crippen LogP contribution in [0.3, 0.4) is 0 Å². The Kier molecular flexibility index (Phi) is 6.75. The van der Waals surface area contributed by atoms with Gasteiger partial charge in [0, 0.05) is 31.0 Å². The summed E-state index contributed by atoms with van der Waals surface area (Å²) in [6.45, 7) is 3.00. The molecule has 0 bridgehead atoms. The molecule has 0 saturated carbocycles.